The van der Waals surface area contributed by atoms with E-state index < -0.39 is 5.97 Å². The predicted octanol–water partition coefficient (Wildman–Crippen LogP) is 3.42. The number of carboxylic acid groups (broad SMARTS) is 1. The van der Waals surface area contributed by atoms with Crippen LogP contribution >= 0.6 is 34.4 Å². The molecule has 0 amide bonds. The lowest BCUT2D eigenvalue weighted by Gasteiger charge is -2.16. The number of nitrogens with zero attached hydrogens (tertiary/aromatic N) is 2. The molecule has 0 saturated carbocycles. The summed E-state index contributed by atoms with van der Waals surface area (Å²) in [5.41, 5.74) is 1.94. The molecular weight excluding hydrogens is 403 g/mol. The van der Waals surface area contributed by atoms with Crippen molar-refractivity contribution in [3.8, 4) is 0 Å². The molecule has 0 spiro atoms. The minimum atomic E-state index is -0.835. The highest BCUT2D eigenvalue weighted by Gasteiger charge is 2.17. The number of thioether (sulfide) groups is 1. The van der Waals surface area contributed by atoms with E-state index in [0.717, 1.165) is 26.2 Å². The number of imidazole rings is 1. The number of aliphatic carboxylic acids is 1. The van der Waals surface area contributed by atoms with Gasteiger partial charge in [0.25, 0.3) is 0 Å². The minimum Gasteiger partial charge on any atom is -0.481 e. The highest BCUT2D eigenvalue weighted by molar-refractivity contribution is 14.1. The van der Waals surface area contributed by atoms with Crippen molar-refractivity contribution < 1.29 is 14.6 Å². The molecular formula is C14H17IN2O3S. The quantitative estimate of drug-likeness (QED) is 0.550. The SMILES string of the molecule is COCCC(C)n1c(SCC(=O)O)nc2cc(I)ccc21. The Labute approximate surface area is 141 Å². The molecule has 1 unspecified atom stereocenters. The van der Waals surface area contributed by atoms with Crippen molar-refractivity contribution in [2.45, 2.75) is 24.5 Å². The molecule has 114 valence electrons. The monoisotopic (exact) mass is 420 g/mol. The molecule has 5 nitrogen and oxygen atoms in total. The average Bonchev–Trinajstić information content (AvgIpc) is 2.79. The lowest BCUT2D eigenvalue weighted by atomic mass is 10.2. The minimum absolute atomic E-state index is 0.0113. The number of hydrogen-bond donors (Lipinski definition) is 1. The third kappa shape index (κ3) is 4.10. The van der Waals surface area contributed by atoms with Gasteiger partial charge in [0.1, 0.15) is 0 Å². The van der Waals surface area contributed by atoms with Crippen LogP contribution in [0.1, 0.15) is 19.4 Å². The molecule has 0 bridgehead atoms. The molecule has 1 heterocycles. The highest BCUT2D eigenvalue weighted by Crippen LogP contribution is 2.30. The first-order valence-corrected chi connectivity index (χ1v) is 8.60. The average molecular weight is 420 g/mol. The molecule has 0 fully saturated rings. The number of rotatable bonds is 7. The van der Waals surface area contributed by atoms with Crippen LogP contribution in [-0.2, 0) is 9.53 Å². The number of fused-ring (bicyclic) bond motifs is 1. The van der Waals surface area contributed by atoms with Crippen LogP contribution in [0.25, 0.3) is 11.0 Å². The van der Waals surface area contributed by atoms with Crippen LogP contribution in [0.2, 0.25) is 0 Å². The Kier molecular flexibility index (Phi) is 5.88. The predicted molar refractivity (Wildman–Crippen MR) is 92.0 cm³/mol. The van der Waals surface area contributed by atoms with Gasteiger partial charge in [-0.15, -0.1) is 0 Å². The van der Waals surface area contributed by atoms with Gasteiger partial charge in [-0.2, -0.15) is 0 Å². The second kappa shape index (κ2) is 7.46. The number of methoxy groups -OCH3 is 1. The van der Waals surface area contributed by atoms with E-state index in [-0.39, 0.29) is 11.8 Å². The van der Waals surface area contributed by atoms with Gasteiger partial charge < -0.3 is 14.4 Å². The van der Waals surface area contributed by atoms with Crippen LogP contribution in [0.4, 0.5) is 0 Å². The first-order valence-electron chi connectivity index (χ1n) is 6.54. The lowest BCUT2D eigenvalue weighted by Crippen LogP contribution is -2.10. The van der Waals surface area contributed by atoms with E-state index in [9.17, 15) is 4.79 Å². The van der Waals surface area contributed by atoms with Gasteiger partial charge in [0.05, 0.1) is 16.8 Å². The van der Waals surface area contributed by atoms with Crippen molar-refractivity contribution in [2.24, 2.45) is 0 Å². The van der Waals surface area contributed by atoms with Gasteiger partial charge >= 0.3 is 5.97 Å². The molecule has 0 aliphatic rings. The Morgan fingerprint density at radius 3 is 3.00 bits per heavy atom. The van der Waals surface area contributed by atoms with Gasteiger partial charge in [-0.3, -0.25) is 4.79 Å². The fourth-order valence-electron chi connectivity index (χ4n) is 2.12. The van der Waals surface area contributed by atoms with E-state index in [4.69, 9.17) is 9.84 Å². The number of carbonyl (C=O) groups is 1. The Morgan fingerprint density at radius 1 is 1.57 bits per heavy atom. The largest absolute Gasteiger partial charge is 0.481 e. The maximum Gasteiger partial charge on any atom is 0.313 e. The highest BCUT2D eigenvalue weighted by atomic mass is 127. The fourth-order valence-corrected chi connectivity index (χ4v) is 3.43. The summed E-state index contributed by atoms with van der Waals surface area (Å²) in [6.45, 7) is 2.76. The maximum absolute atomic E-state index is 10.8. The Hall–Kier alpha value is -0.800. The Balaban J connectivity index is 2.41. The number of benzene rings is 1. The number of aromatic nitrogens is 2. The number of halogens is 1. The topological polar surface area (TPSA) is 64.3 Å². The van der Waals surface area contributed by atoms with E-state index >= 15 is 0 Å². The molecule has 21 heavy (non-hydrogen) atoms. The van der Waals surface area contributed by atoms with Crippen LogP contribution in [0, 0.1) is 3.57 Å². The summed E-state index contributed by atoms with van der Waals surface area (Å²) in [7, 11) is 1.68. The van der Waals surface area contributed by atoms with Gasteiger partial charge in [0, 0.05) is 23.3 Å². The smallest absolute Gasteiger partial charge is 0.313 e. The van der Waals surface area contributed by atoms with E-state index in [1.807, 2.05) is 18.2 Å². The summed E-state index contributed by atoms with van der Waals surface area (Å²) in [6, 6.07) is 6.29. The molecule has 0 radical (unpaired) electrons. The molecule has 1 atom stereocenters. The Morgan fingerprint density at radius 2 is 2.33 bits per heavy atom. The summed E-state index contributed by atoms with van der Waals surface area (Å²) >= 11 is 3.51. The number of hydrogen-bond acceptors (Lipinski definition) is 4. The summed E-state index contributed by atoms with van der Waals surface area (Å²) < 4.78 is 8.37. The zero-order valence-corrected chi connectivity index (χ0v) is 14.8. The van der Waals surface area contributed by atoms with Crippen LogP contribution < -0.4 is 0 Å². The van der Waals surface area contributed by atoms with Crippen molar-refractivity contribution >= 4 is 51.4 Å². The second-order valence-corrected chi connectivity index (χ2v) is 6.90. The molecule has 7 heteroatoms. The zero-order chi connectivity index (χ0) is 15.4. The third-order valence-electron chi connectivity index (χ3n) is 3.12. The molecule has 0 saturated heterocycles. The van der Waals surface area contributed by atoms with Gasteiger partial charge in [0.2, 0.25) is 0 Å². The molecule has 1 N–H and O–H groups in total. The van der Waals surface area contributed by atoms with Crippen LogP contribution in [0.15, 0.2) is 23.4 Å². The van der Waals surface area contributed by atoms with Crippen LogP contribution in [-0.4, -0.2) is 40.1 Å². The standard InChI is InChI=1S/C14H17IN2O3S/c1-9(5-6-20-2)17-12-4-3-10(15)7-11(12)16-14(17)21-8-13(18)19/h3-4,7,9H,5-6,8H2,1-2H3,(H,18,19). The van der Waals surface area contributed by atoms with Gasteiger partial charge in [-0.25, -0.2) is 4.98 Å². The molecule has 1 aromatic heterocycles. The van der Waals surface area contributed by atoms with Gasteiger partial charge in [-0.1, -0.05) is 11.8 Å². The summed E-state index contributed by atoms with van der Waals surface area (Å²) in [5, 5.41) is 9.63. The van der Waals surface area contributed by atoms with E-state index in [2.05, 4.69) is 39.1 Å². The third-order valence-corrected chi connectivity index (χ3v) is 4.73. The van der Waals surface area contributed by atoms with E-state index in [1.54, 1.807) is 7.11 Å². The summed E-state index contributed by atoms with van der Waals surface area (Å²) in [5.74, 6) is -0.824. The molecule has 0 aliphatic heterocycles. The Bertz CT molecular complexity index is 644. The second-order valence-electron chi connectivity index (χ2n) is 4.71. The number of ether oxygens (including phenoxy) is 1. The van der Waals surface area contributed by atoms with Crippen molar-refractivity contribution in [3.05, 3.63) is 21.8 Å². The normalized spacial score (nSPS) is 12.7. The summed E-state index contributed by atoms with van der Waals surface area (Å²) in [4.78, 5) is 15.4. The van der Waals surface area contributed by atoms with Gasteiger partial charge in [-0.05, 0) is 54.1 Å². The summed E-state index contributed by atoms with van der Waals surface area (Å²) in [6.07, 6.45) is 0.856. The van der Waals surface area contributed by atoms with Crippen LogP contribution in [0.5, 0.6) is 0 Å². The molecule has 2 rings (SSSR count). The van der Waals surface area contributed by atoms with Gasteiger partial charge in [0.15, 0.2) is 5.16 Å². The molecule has 2 aromatic rings. The van der Waals surface area contributed by atoms with E-state index in [0.29, 0.717) is 6.61 Å². The lowest BCUT2D eigenvalue weighted by molar-refractivity contribution is -0.133. The first kappa shape index (κ1) is 16.6. The maximum atomic E-state index is 10.8. The molecule has 0 aliphatic carbocycles. The first-order chi connectivity index (χ1) is 10.0. The van der Waals surface area contributed by atoms with Crippen molar-refractivity contribution in [1.82, 2.24) is 9.55 Å². The van der Waals surface area contributed by atoms with Crippen molar-refractivity contribution in [1.29, 1.82) is 0 Å². The fraction of sp³-hybridized carbons (Fsp3) is 0.429. The number of carboxylic acids is 1. The van der Waals surface area contributed by atoms with Crippen molar-refractivity contribution in [2.75, 3.05) is 19.5 Å². The zero-order valence-electron chi connectivity index (χ0n) is 11.9. The molecule has 1 aromatic carbocycles. The van der Waals surface area contributed by atoms with Crippen molar-refractivity contribution in [3.63, 3.8) is 0 Å². The van der Waals surface area contributed by atoms with E-state index in [1.165, 1.54) is 11.8 Å². The van der Waals surface area contributed by atoms with Crippen LogP contribution in [0.3, 0.4) is 0 Å².